The number of nitrogens with zero attached hydrogens (tertiary/aromatic N) is 3. The molecule has 3 aromatic carbocycles. The lowest BCUT2D eigenvalue weighted by atomic mass is 10.1. The quantitative estimate of drug-likeness (QED) is 0.399. The van der Waals surface area contributed by atoms with Crippen molar-refractivity contribution in [1.82, 2.24) is 14.7 Å². The molecule has 3 aromatic rings. The van der Waals surface area contributed by atoms with Crippen LogP contribution in [0.3, 0.4) is 0 Å². The second-order valence-electron chi connectivity index (χ2n) is 9.42. The third-order valence-electron chi connectivity index (χ3n) is 6.71. The molecular weight excluding hydrogens is 402 g/mol. The van der Waals surface area contributed by atoms with Crippen LogP contribution in [0.25, 0.3) is 0 Å². The van der Waals surface area contributed by atoms with Crippen LogP contribution in [0.4, 0.5) is 0 Å². The molecule has 3 heteroatoms. The molecule has 0 radical (unpaired) electrons. The minimum absolute atomic E-state index is 0.987. The highest BCUT2D eigenvalue weighted by molar-refractivity contribution is 5.24. The molecule has 0 saturated carbocycles. The Bertz CT molecular complexity index is 839. The molecule has 0 spiro atoms. The van der Waals surface area contributed by atoms with Gasteiger partial charge in [0.05, 0.1) is 20.0 Å². The lowest BCUT2D eigenvalue weighted by Gasteiger charge is -2.42. The smallest absolute Gasteiger partial charge is 0.0537 e. The summed E-state index contributed by atoms with van der Waals surface area (Å²) in [6.45, 7) is 12.6. The number of hydrogen-bond acceptors (Lipinski definition) is 3. The maximum atomic E-state index is 2.57. The Kier molecular flexibility index (Phi) is 8.33. The fourth-order valence-electron chi connectivity index (χ4n) is 4.70. The van der Waals surface area contributed by atoms with Gasteiger partial charge in [-0.15, -0.1) is 0 Å². The molecule has 0 atom stereocenters. The monoisotopic (exact) mass is 441 g/mol. The standard InChI is InChI=1S/C30H39N3/c1-4-25-7-13-28(14-8-25)19-31-22-32(20-29-15-9-26(5-2)10-16-29)24-33(23-31)21-30-17-11-27(6-3)12-18-30/h7-18H,4-6,19-24H2,1-3H3. The fourth-order valence-corrected chi connectivity index (χ4v) is 4.70. The van der Waals surface area contributed by atoms with Gasteiger partial charge in [-0.3, -0.25) is 14.7 Å². The van der Waals surface area contributed by atoms with Crippen molar-refractivity contribution in [2.45, 2.75) is 59.7 Å². The molecule has 0 bridgehead atoms. The van der Waals surface area contributed by atoms with Crippen molar-refractivity contribution in [3.05, 3.63) is 106 Å². The van der Waals surface area contributed by atoms with Crippen LogP contribution in [-0.4, -0.2) is 34.7 Å². The van der Waals surface area contributed by atoms with Gasteiger partial charge >= 0.3 is 0 Å². The minimum atomic E-state index is 0.987. The van der Waals surface area contributed by atoms with Gasteiger partial charge in [-0.1, -0.05) is 93.6 Å². The largest absolute Gasteiger partial charge is 0.273 e. The van der Waals surface area contributed by atoms with E-state index in [9.17, 15) is 0 Å². The number of aryl methyl sites for hydroxylation is 3. The zero-order valence-electron chi connectivity index (χ0n) is 20.6. The molecule has 0 aliphatic carbocycles. The van der Waals surface area contributed by atoms with Crippen LogP contribution in [0.5, 0.6) is 0 Å². The minimum Gasteiger partial charge on any atom is -0.273 e. The lowest BCUT2D eigenvalue weighted by Crippen LogP contribution is -2.53. The summed E-state index contributed by atoms with van der Waals surface area (Å²) < 4.78 is 0. The van der Waals surface area contributed by atoms with Crippen molar-refractivity contribution in [3.8, 4) is 0 Å². The summed E-state index contributed by atoms with van der Waals surface area (Å²) in [6, 6.07) is 27.5. The molecule has 1 aliphatic rings. The van der Waals surface area contributed by atoms with Gasteiger partial charge in [0, 0.05) is 19.6 Å². The lowest BCUT2D eigenvalue weighted by molar-refractivity contribution is -0.0422. The summed E-state index contributed by atoms with van der Waals surface area (Å²) in [4.78, 5) is 7.72. The normalized spacial score (nSPS) is 15.7. The summed E-state index contributed by atoms with van der Waals surface area (Å²) in [5, 5.41) is 0. The van der Waals surface area contributed by atoms with Gasteiger partial charge in [0.1, 0.15) is 0 Å². The van der Waals surface area contributed by atoms with E-state index in [2.05, 4.69) is 108 Å². The Morgan fingerprint density at radius 2 is 0.606 bits per heavy atom. The number of rotatable bonds is 9. The molecule has 4 rings (SSSR count). The zero-order chi connectivity index (χ0) is 23.0. The summed E-state index contributed by atoms with van der Waals surface area (Å²) in [5.41, 5.74) is 8.42. The van der Waals surface area contributed by atoms with Crippen molar-refractivity contribution in [1.29, 1.82) is 0 Å². The first-order valence-corrected chi connectivity index (χ1v) is 12.6. The SMILES string of the molecule is CCc1ccc(CN2CN(Cc3ccc(CC)cc3)CN(Cc3ccc(CC)cc3)C2)cc1. The third kappa shape index (κ3) is 6.77. The molecule has 3 nitrogen and oxygen atoms in total. The summed E-state index contributed by atoms with van der Waals surface area (Å²) >= 11 is 0. The topological polar surface area (TPSA) is 9.72 Å². The van der Waals surface area contributed by atoms with E-state index in [4.69, 9.17) is 0 Å². The van der Waals surface area contributed by atoms with Crippen molar-refractivity contribution < 1.29 is 0 Å². The molecule has 1 fully saturated rings. The molecule has 174 valence electrons. The van der Waals surface area contributed by atoms with Gasteiger partial charge in [0.25, 0.3) is 0 Å². The van der Waals surface area contributed by atoms with E-state index in [1.165, 1.54) is 33.4 Å². The van der Waals surface area contributed by atoms with Crippen LogP contribution in [0.1, 0.15) is 54.2 Å². The summed E-state index contributed by atoms with van der Waals surface area (Å²) in [7, 11) is 0. The highest BCUT2D eigenvalue weighted by atomic mass is 15.5. The predicted molar refractivity (Wildman–Crippen MR) is 139 cm³/mol. The highest BCUT2D eigenvalue weighted by Crippen LogP contribution is 2.18. The molecule has 1 saturated heterocycles. The number of hydrogen-bond donors (Lipinski definition) is 0. The van der Waals surface area contributed by atoms with Crippen LogP contribution >= 0.6 is 0 Å². The Balaban J connectivity index is 1.46. The van der Waals surface area contributed by atoms with E-state index in [1.54, 1.807) is 0 Å². The van der Waals surface area contributed by atoms with Crippen LogP contribution in [-0.2, 0) is 38.9 Å². The Hall–Kier alpha value is -2.46. The average Bonchev–Trinajstić information content (AvgIpc) is 2.85. The first kappa shape index (κ1) is 23.7. The molecule has 1 aliphatic heterocycles. The molecule has 0 aromatic heterocycles. The van der Waals surface area contributed by atoms with Crippen LogP contribution < -0.4 is 0 Å². The van der Waals surface area contributed by atoms with E-state index in [0.29, 0.717) is 0 Å². The Labute approximate surface area is 200 Å². The first-order valence-electron chi connectivity index (χ1n) is 12.6. The van der Waals surface area contributed by atoms with Crippen LogP contribution in [0, 0.1) is 0 Å². The van der Waals surface area contributed by atoms with Crippen molar-refractivity contribution in [3.63, 3.8) is 0 Å². The molecule has 0 unspecified atom stereocenters. The van der Waals surface area contributed by atoms with Gasteiger partial charge in [-0.05, 0) is 52.6 Å². The second-order valence-corrected chi connectivity index (χ2v) is 9.42. The van der Waals surface area contributed by atoms with E-state index in [-0.39, 0.29) is 0 Å². The third-order valence-corrected chi connectivity index (χ3v) is 6.71. The maximum Gasteiger partial charge on any atom is 0.0537 e. The highest BCUT2D eigenvalue weighted by Gasteiger charge is 2.23. The van der Waals surface area contributed by atoms with Gasteiger partial charge in [-0.2, -0.15) is 0 Å². The van der Waals surface area contributed by atoms with Gasteiger partial charge in [0.15, 0.2) is 0 Å². The van der Waals surface area contributed by atoms with Gasteiger partial charge in [0.2, 0.25) is 0 Å². The molecule has 33 heavy (non-hydrogen) atoms. The zero-order valence-corrected chi connectivity index (χ0v) is 20.6. The molecule has 1 heterocycles. The van der Waals surface area contributed by atoms with Crippen molar-refractivity contribution in [2.24, 2.45) is 0 Å². The summed E-state index contributed by atoms with van der Waals surface area (Å²) in [5.74, 6) is 0. The van der Waals surface area contributed by atoms with Gasteiger partial charge < -0.3 is 0 Å². The van der Waals surface area contributed by atoms with E-state index in [0.717, 1.165) is 58.9 Å². The van der Waals surface area contributed by atoms with Crippen molar-refractivity contribution in [2.75, 3.05) is 20.0 Å². The predicted octanol–water partition coefficient (Wildman–Crippen LogP) is 6.07. The number of benzene rings is 3. The second kappa shape index (κ2) is 11.6. The van der Waals surface area contributed by atoms with Gasteiger partial charge in [-0.25, -0.2) is 0 Å². The average molecular weight is 442 g/mol. The molecule has 0 N–H and O–H groups in total. The fraction of sp³-hybridized carbons (Fsp3) is 0.400. The molecule has 0 amide bonds. The van der Waals surface area contributed by atoms with E-state index >= 15 is 0 Å². The molecular formula is C30H39N3. The van der Waals surface area contributed by atoms with Crippen molar-refractivity contribution >= 4 is 0 Å². The summed E-state index contributed by atoms with van der Waals surface area (Å²) in [6.07, 6.45) is 3.29. The van der Waals surface area contributed by atoms with E-state index < -0.39 is 0 Å². The first-order chi connectivity index (χ1) is 16.1. The Morgan fingerprint density at radius 3 is 0.818 bits per heavy atom. The maximum absolute atomic E-state index is 2.57. The van der Waals surface area contributed by atoms with Crippen LogP contribution in [0.15, 0.2) is 72.8 Å². The van der Waals surface area contributed by atoms with E-state index in [1.807, 2.05) is 0 Å². The van der Waals surface area contributed by atoms with Crippen LogP contribution in [0.2, 0.25) is 0 Å². The Morgan fingerprint density at radius 1 is 0.394 bits per heavy atom.